The lowest BCUT2D eigenvalue weighted by atomic mass is 10.2. The van der Waals surface area contributed by atoms with Crippen LogP contribution in [0.4, 0.5) is 0 Å². The van der Waals surface area contributed by atoms with E-state index in [2.05, 4.69) is 10.3 Å². The molecule has 2 aromatic carbocycles. The highest BCUT2D eigenvalue weighted by atomic mass is 35.5. The first kappa shape index (κ1) is 19.7. The number of carbonyl (C=O) groups excluding carboxylic acids is 1. The molecule has 1 aromatic heterocycles. The summed E-state index contributed by atoms with van der Waals surface area (Å²) in [4.78, 5) is 16.7. The van der Waals surface area contributed by atoms with Crippen molar-refractivity contribution >= 4 is 40.6 Å². The van der Waals surface area contributed by atoms with Gasteiger partial charge in [0.1, 0.15) is 10.1 Å². The Morgan fingerprint density at radius 3 is 2.78 bits per heavy atom. The number of halogens is 1. The molecule has 0 saturated carbocycles. The number of carbonyl (C=O) groups is 1. The van der Waals surface area contributed by atoms with Crippen LogP contribution in [0.1, 0.15) is 16.8 Å². The number of hydrogen-bond donors (Lipinski definition) is 1. The van der Waals surface area contributed by atoms with Gasteiger partial charge in [-0.1, -0.05) is 53.7 Å². The summed E-state index contributed by atoms with van der Waals surface area (Å²) in [6.07, 6.45) is 0.271. The molecule has 3 aromatic rings. The summed E-state index contributed by atoms with van der Waals surface area (Å²) < 4.78 is 6.25. The van der Waals surface area contributed by atoms with E-state index in [4.69, 9.17) is 16.3 Å². The quantitative estimate of drug-likeness (QED) is 0.525. The smallest absolute Gasteiger partial charge is 0.226 e. The minimum Gasteiger partial charge on any atom is -0.496 e. The zero-order valence-electron chi connectivity index (χ0n) is 14.8. The first-order valence-electron chi connectivity index (χ1n) is 8.34. The fourth-order valence-electron chi connectivity index (χ4n) is 2.43. The number of hydrogen-bond acceptors (Lipinski definition) is 5. The number of nitrogens with zero attached hydrogens (tertiary/aromatic N) is 1. The Morgan fingerprint density at radius 2 is 2.00 bits per heavy atom. The summed E-state index contributed by atoms with van der Waals surface area (Å²) in [6, 6.07) is 15.4. The van der Waals surface area contributed by atoms with E-state index in [-0.39, 0.29) is 12.3 Å². The first-order chi connectivity index (χ1) is 13.1. The standard InChI is InChI=1S/C20H19ClN2O2S2/c1-25-18-5-3-2-4-15(18)11-22-19(24)10-17-13-27-20(23-17)26-12-14-6-8-16(21)9-7-14/h2-9,13H,10-12H2,1H3,(H,22,24). The van der Waals surface area contributed by atoms with E-state index in [0.717, 1.165) is 32.1 Å². The van der Waals surface area contributed by atoms with Crippen molar-refractivity contribution < 1.29 is 9.53 Å². The molecule has 0 fully saturated rings. The molecular weight excluding hydrogens is 400 g/mol. The number of thiazole rings is 1. The normalized spacial score (nSPS) is 10.6. The third kappa shape index (κ3) is 5.99. The number of aromatic nitrogens is 1. The molecule has 0 aliphatic heterocycles. The topological polar surface area (TPSA) is 51.2 Å². The second-order valence-electron chi connectivity index (χ2n) is 5.79. The van der Waals surface area contributed by atoms with Gasteiger partial charge in [-0.15, -0.1) is 11.3 Å². The van der Waals surface area contributed by atoms with Crippen molar-refractivity contribution in [2.75, 3.05) is 7.11 Å². The average molecular weight is 419 g/mol. The average Bonchev–Trinajstić information content (AvgIpc) is 3.13. The summed E-state index contributed by atoms with van der Waals surface area (Å²) in [5, 5.41) is 5.59. The molecule has 4 nitrogen and oxygen atoms in total. The number of benzene rings is 2. The van der Waals surface area contributed by atoms with Crippen molar-refractivity contribution in [2.45, 2.75) is 23.1 Å². The van der Waals surface area contributed by atoms with Crippen LogP contribution in [0, 0.1) is 0 Å². The number of rotatable bonds is 8. The number of para-hydroxylation sites is 1. The third-order valence-corrected chi connectivity index (χ3v) is 6.21. The Morgan fingerprint density at radius 1 is 1.22 bits per heavy atom. The van der Waals surface area contributed by atoms with Gasteiger partial charge < -0.3 is 10.1 Å². The molecule has 7 heteroatoms. The molecule has 0 radical (unpaired) electrons. The Labute approximate surface area is 171 Å². The lowest BCUT2D eigenvalue weighted by molar-refractivity contribution is -0.120. The van der Waals surface area contributed by atoms with Crippen LogP contribution in [0.3, 0.4) is 0 Å². The monoisotopic (exact) mass is 418 g/mol. The summed E-state index contributed by atoms with van der Waals surface area (Å²) in [5.74, 6) is 1.54. The lowest BCUT2D eigenvalue weighted by Crippen LogP contribution is -2.24. The van der Waals surface area contributed by atoms with Crippen LogP contribution in [0.15, 0.2) is 58.3 Å². The molecule has 27 heavy (non-hydrogen) atoms. The van der Waals surface area contributed by atoms with Gasteiger partial charge in [0, 0.05) is 28.3 Å². The second kappa shape index (κ2) is 9.78. The van der Waals surface area contributed by atoms with Crippen molar-refractivity contribution in [1.29, 1.82) is 0 Å². The molecule has 0 aliphatic rings. The molecular formula is C20H19ClN2O2S2. The number of amides is 1. The zero-order valence-corrected chi connectivity index (χ0v) is 17.2. The van der Waals surface area contributed by atoms with Gasteiger partial charge in [-0.25, -0.2) is 4.98 Å². The molecule has 1 amide bonds. The first-order valence-corrected chi connectivity index (χ1v) is 10.6. The summed E-state index contributed by atoms with van der Waals surface area (Å²) in [7, 11) is 1.62. The summed E-state index contributed by atoms with van der Waals surface area (Å²) in [6.45, 7) is 0.436. The van der Waals surface area contributed by atoms with Crippen LogP contribution in [0.2, 0.25) is 5.02 Å². The van der Waals surface area contributed by atoms with Gasteiger partial charge in [0.05, 0.1) is 19.2 Å². The van der Waals surface area contributed by atoms with E-state index < -0.39 is 0 Å². The number of thioether (sulfide) groups is 1. The van der Waals surface area contributed by atoms with Crippen molar-refractivity contribution in [3.05, 3.63) is 75.8 Å². The van der Waals surface area contributed by atoms with Gasteiger partial charge in [-0.05, 0) is 23.8 Å². The molecule has 0 aliphatic carbocycles. The Balaban J connectivity index is 1.48. The minimum absolute atomic E-state index is 0.0551. The molecule has 0 spiro atoms. The van der Waals surface area contributed by atoms with Crippen molar-refractivity contribution in [2.24, 2.45) is 0 Å². The number of nitrogens with one attached hydrogen (secondary N) is 1. The highest BCUT2D eigenvalue weighted by molar-refractivity contribution is 8.00. The van der Waals surface area contributed by atoms with Gasteiger partial charge >= 0.3 is 0 Å². The highest BCUT2D eigenvalue weighted by Gasteiger charge is 2.09. The van der Waals surface area contributed by atoms with Crippen LogP contribution in [-0.2, 0) is 23.5 Å². The molecule has 140 valence electrons. The predicted molar refractivity (Wildman–Crippen MR) is 112 cm³/mol. The molecule has 0 unspecified atom stereocenters. The van der Waals surface area contributed by atoms with E-state index in [9.17, 15) is 4.79 Å². The van der Waals surface area contributed by atoms with E-state index in [1.165, 1.54) is 5.56 Å². The van der Waals surface area contributed by atoms with Crippen molar-refractivity contribution in [3.63, 3.8) is 0 Å². The number of ether oxygens (including phenoxy) is 1. The molecule has 0 bridgehead atoms. The Kier molecular flexibility index (Phi) is 7.15. The summed E-state index contributed by atoms with van der Waals surface area (Å²) >= 11 is 9.12. The summed E-state index contributed by atoms with van der Waals surface area (Å²) in [5.41, 5.74) is 2.93. The van der Waals surface area contributed by atoms with Crippen LogP contribution in [0.25, 0.3) is 0 Å². The molecule has 1 heterocycles. The maximum absolute atomic E-state index is 12.2. The molecule has 0 atom stereocenters. The number of methoxy groups -OCH3 is 1. The third-order valence-electron chi connectivity index (χ3n) is 3.82. The van der Waals surface area contributed by atoms with Crippen LogP contribution < -0.4 is 10.1 Å². The fraction of sp³-hybridized carbons (Fsp3) is 0.200. The maximum atomic E-state index is 12.2. The van der Waals surface area contributed by atoms with Gasteiger partial charge in [0.25, 0.3) is 0 Å². The van der Waals surface area contributed by atoms with Crippen molar-refractivity contribution in [3.8, 4) is 5.75 Å². The van der Waals surface area contributed by atoms with Gasteiger partial charge in [-0.2, -0.15) is 0 Å². The minimum atomic E-state index is -0.0551. The highest BCUT2D eigenvalue weighted by Crippen LogP contribution is 2.27. The lowest BCUT2D eigenvalue weighted by Gasteiger charge is -2.09. The van der Waals surface area contributed by atoms with E-state index >= 15 is 0 Å². The maximum Gasteiger partial charge on any atom is 0.226 e. The molecule has 3 rings (SSSR count). The van der Waals surface area contributed by atoms with Crippen LogP contribution >= 0.6 is 34.7 Å². The van der Waals surface area contributed by atoms with Crippen LogP contribution in [-0.4, -0.2) is 18.0 Å². The Bertz CT molecular complexity index is 897. The van der Waals surface area contributed by atoms with E-state index in [1.807, 2.05) is 53.9 Å². The van der Waals surface area contributed by atoms with Crippen molar-refractivity contribution in [1.82, 2.24) is 10.3 Å². The zero-order chi connectivity index (χ0) is 19.1. The fourth-order valence-corrected chi connectivity index (χ4v) is 4.36. The van der Waals surface area contributed by atoms with Gasteiger partial charge in [0.15, 0.2) is 0 Å². The molecule has 0 saturated heterocycles. The second-order valence-corrected chi connectivity index (χ2v) is 8.30. The van der Waals surface area contributed by atoms with E-state index in [0.29, 0.717) is 6.54 Å². The largest absolute Gasteiger partial charge is 0.496 e. The van der Waals surface area contributed by atoms with Gasteiger partial charge in [-0.3, -0.25) is 4.79 Å². The predicted octanol–water partition coefficient (Wildman–Crippen LogP) is 4.96. The van der Waals surface area contributed by atoms with E-state index in [1.54, 1.807) is 30.2 Å². The van der Waals surface area contributed by atoms with Gasteiger partial charge in [0.2, 0.25) is 5.91 Å². The molecule has 1 N–H and O–H groups in total. The van der Waals surface area contributed by atoms with Crippen LogP contribution in [0.5, 0.6) is 5.75 Å². The Hall–Kier alpha value is -2.02. The SMILES string of the molecule is COc1ccccc1CNC(=O)Cc1csc(SCc2ccc(Cl)cc2)n1.